The van der Waals surface area contributed by atoms with E-state index in [9.17, 15) is 9.18 Å². The van der Waals surface area contributed by atoms with E-state index < -0.39 is 0 Å². The second-order valence-electron chi connectivity index (χ2n) is 7.42. The summed E-state index contributed by atoms with van der Waals surface area (Å²) < 4.78 is 14.7. The number of thioether (sulfide) groups is 2. The van der Waals surface area contributed by atoms with Gasteiger partial charge >= 0.3 is 0 Å². The monoisotopic (exact) mass is 475 g/mol. The lowest BCUT2D eigenvalue weighted by atomic mass is 10.1. The lowest BCUT2D eigenvalue weighted by molar-refractivity contribution is 0.0747. The van der Waals surface area contributed by atoms with Crippen LogP contribution in [0, 0.1) is 5.82 Å². The number of nitrogens with zero attached hydrogens (tertiary/aromatic N) is 2. The molecule has 2 N–H and O–H groups in total. The molecule has 0 spiro atoms. The fraction of sp³-hybridized carbons (Fsp3) is 0.391. The van der Waals surface area contributed by atoms with Crippen molar-refractivity contribution in [3.8, 4) is 10.6 Å². The molecule has 1 aliphatic rings. The van der Waals surface area contributed by atoms with Gasteiger partial charge in [0.15, 0.2) is 0 Å². The number of hydrogen-bond donors (Lipinski definition) is 1. The summed E-state index contributed by atoms with van der Waals surface area (Å²) in [6.07, 6.45) is 2.07. The van der Waals surface area contributed by atoms with Crippen molar-refractivity contribution in [1.29, 1.82) is 0 Å². The van der Waals surface area contributed by atoms with Crippen LogP contribution in [0.4, 0.5) is 10.1 Å². The number of benzene rings is 2. The second-order valence-corrected chi connectivity index (χ2v) is 11.6. The van der Waals surface area contributed by atoms with E-state index in [1.165, 1.54) is 23.5 Å². The van der Waals surface area contributed by atoms with Crippen molar-refractivity contribution in [2.45, 2.75) is 37.3 Å². The Bertz CT molecular complexity index is 1080. The summed E-state index contributed by atoms with van der Waals surface area (Å²) in [6, 6.07) is 10.3. The van der Waals surface area contributed by atoms with Crippen molar-refractivity contribution in [1.82, 2.24) is 9.88 Å². The van der Waals surface area contributed by atoms with Crippen LogP contribution in [0.25, 0.3) is 20.8 Å². The minimum absolute atomic E-state index is 0.0105. The maximum atomic E-state index is 13.5. The number of rotatable bonds is 7. The van der Waals surface area contributed by atoms with Crippen LogP contribution in [0.2, 0.25) is 0 Å². The van der Waals surface area contributed by atoms with Crippen molar-refractivity contribution in [2.75, 3.05) is 23.8 Å². The molecule has 4 nitrogen and oxygen atoms in total. The predicted octanol–water partition coefficient (Wildman–Crippen LogP) is 6.12. The number of amides is 1. The molecule has 0 saturated carbocycles. The Morgan fingerprint density at radius 2 is 2.03 bits per heavy atom. The second kappa shape index (κ2) is 9.79. The number of nitrogen functional groups attached to an aromatic ring is 1. The van der Waals surface area contributed by atoms with E-state index in [1.807, 2.05) is 46.6 Å². The molecule has 0 aliphatic carbocycles. The zero-order valence-electron chi connectivity index (χ0n) is 17.6. The third kappa shape index (κ3) is 4.71. The fourth-order valence-electron chi connectivity index (χ4n) is 3.99. The standard InChI is InChI=1S/C23H26FN3OS3/c1-3-29-23(30-4-2)19-6-5-11-27(19)22(28)16-9-7-14(12-17(16)25)21-26-18-10-8-15(24)13-20(18)31-21/h7-10,12-13,19,23H,3-6,11,25H2,1-2H3/t19-/m0/s1. The average Bonchev–Trinajstić information content (AvgIpc) is 3.40. The Morgan fingerprint density at radius 1 is 1.26 bits per heavy atom. The molecule has 1 aromatic heterocycles. The Balaban J connectivity index is 1.58. The van der Waals surface area contributed by atoms with E-state index in [-0.39, 0.29) is 17.8 Å². The van der Waals surface area contributed by atoms with Gasteiger partial charge in [-0.2, -0.15) is 0 Å². The van der Waals surface area contributed by atoms with Crippen LogP contribution in [-0.2, 0) is 0 Å². The number of aromatic nitrogens is 1. The molecule has 3 aromatic rings. The SMILES string of the molecule is CCSC(SCC)[C@@H]1CCCN1C(=O)c1ccc(-c2nc3ccc(F)cc3s2)cc1N. The van der Waals surface area contributed by atoms with E-state index in [4.69, 9.17) is 5.73 Å². The summed E-state index contributed by atoms with van der Waals surface area (Å²) in [4.78, 5) is 20.0. The number of halogens is 1. The van der Waals surface area contributed by atoms with Gasteiger partial charge < -0.3 is 10.6 Å². The van der Waals surface area contributed by atoms with Gasteiger partial charge in [-0.25, -0.2) is 9.37 Å². The molecule has 2 aromatic carbocycles. The number of anilines is 1. The van der Waals surface area contributed by atoms with Crippen LogP contribution in [0.5, 0.6) is 0 Å². The highest BCUT2D eigenvalue weighted by molar-refractivity contribution is 8.17. The molecule has 1 amide bonds. The van der Waals surface area contributed by atoms with Gasteiger partial charge in [-0.1, -0.05) is 19.9 Å². The van der Waals surface area contributed by atoms with E-state index in [2.05, 4.69) is 18.8 Å². The smallest absolute Gasteiger partial charge is 0.256 e. The summed E-state index contributed by atoms with van der Waals surface area (Å²) in [7, 11) is 0. The molecule has 1 atom stereocenters. The van der Waals surface area contributed by atoms with Crippen molar-refractivity contribution in [3.63, 3.8) is 0 Å². The molecule has 1 fully saturated rings. The molecule has 8 heteroatoms. The van der Waals surface area contributed by atoms with Gasteiger partial charge in [-0.05, 0) is 54.7 Å². The van der Waals surface area contributed by atoms with Gasteiger partial charge in [0, 0.05) is 17.8 Å². The van der Waals surface area contributed by atoms with Crippen LogP contribution < -0.4 is 5.73 Å². The van der Waals surface area contributed by atoms with Gasteiger partial charge in [0.1, 0.15) is 10.8 Å². The Kier molecular flexibility index (Phi) is 7.08. The van der Waals surface area contributed by atoms with Crippen LogP contribution in [0.15, 0.2) is 36.4 Å². The van der Waals surface area contributed by atoms with Crippen molar-refractivity contribution in [2.24, 2.45) is 0 Å². The minimum Gasteiger partial charge on any atom is -0.398 e. The first-order valence-corrected chi connectivity index (χ1v) is 13.4. The Morgan fingerprint density at radius 3 is 2.74 bits per heavy atom. The fourth-order valence-corrected chi connectivity index (χ4v) is 7.85. The third-order valence-electron chi connectivity index (χ3n) is 5.42. The highest BCUT2D eigenvalue weighted by atomic mass is 32.2. The summed E-state index contributed by atoms with van der Waals surface area (Å²) in [5, 5.41) is 0.768. The van der Waals surface area contributed by atoms with Crippen molar-refractivity contribution < 1.29 is 9.18 Å². The van der Waals surface area contributed by atoms with E-state index in [1.54, 1.807) is 6.07 Å². The number of thiazole rings is 1. The van der Waals surface area contributed by atoms with Crippen LogP contribution in [-0.4, -0.2) is 44.5 Å². The van der Waals surface area contributed by atoms with Gasteiger partial charge in [0.05, 0.1) is 26.4 Å². The lowest BCUT2D eigenvalue weighted by Gasteiger charge is -2.31. The summed E-state index contributed by atoms with van der Waals surface area (Å²) >= 11 is 5.27. The molecular weight excluding hydrogens is 449 g/mol. The zero-order valence-corrected chi connectivity index (χ0v) is 20.1. The lowest BCUT2D eigenvalue weighted by Crippen LogP contribution is -2.41. The summed E-state index contributed by atoms with van der Waals surface area (Å²) in [6.45, 7) is 5.11. The Labute approximate surface area is 194 Å². The largest absolute Gasteiger partial charge is 0.398 e. The highest BCUT2D eigenvalue weighted by Crippen LogP contribution is 2.37. The number of fused-ring (bicyclic) bond motifs is 1. The van der Waals surface area contributed by atoms with Crippen LogP contribution in [0.3, 0.4) is 0 Å². The maximum absolute atomic E-state index is 13.5. The number of hydrogen-bond acceptors (Lipinski definition) is 6. The molecular formula is C23H26FN3OS3. The van der Waals surface area contributed by atoms with Crippen LogP contribution >= 0.6 is 34.9 Å². The zero-order chi connectivity index (χ0) is 22.0. The summed E-state index contributed by atoms with van der Waals surface area (Å²) in [5.74, 6) is 1.82. The molecule has 2 heterocycles. The molecule has 0 bridgehead atoms. The highest BCUT2D eigenvalue weighted by Gasteiger charge is 2.35. The van der Waals surface area contributed by atoms with E-state index in [0.29, 0.717) is 15.8 Å². The average molecular weight is 476 g/mol. The molecule has 1 aliphatic heterocycles. The molecule has 1 saturated heterocycles. The van der Waals surface area contributed by atoms with Gasteiger partial charge in [-0.15, -0.1) is 34.9 Å². The third-order valence-corrected chi connectivity index (χ3v) is 9.25. The molecule has 0 radical (unpaired) electrons. The molecule has 31 heavy (non-hydrogen) atoms. The van der Waals surface area contributed by atoms with Gasteiger partial charge in [-0.3, -0.25) is 4.79 Å². The number of carbonyl (C=O) groups excluding carboxylic acids is 1. The topological polar surface area (TPSA) is 59.2 Å². The number of carbonyl (C=O) groups is 1. The summed E-state index contributed by atoms with van der Waals surface area (Å²) in [5.41, 5.74) is 8.95. The molecule has 4 rings (SSSR count). The van der Waals surface area contributed by atoms with Crippen molar-refractivity contribution >= 4 is 56.7 Å². The number of nitrogens with two attached hydrogens (primary N) is 1. The van der Waals surface area contributed by atoms with Gasteiger partial charge in [0.25, 0.3) is 5.91 Å². The first-order valence-electron chi connectivity index (χ1n) is 10.5. The minimum atomic E-state index is -0.274. The number of likely N-dealkylation sites (tertiary alicyclic amines) is 1. The first kappa shape index (κ1) is 22.4. The Hall–Kier alpha value is -1.77. The normalized spacial score (nSPS) is 16.5. The van der Waals surface area contributed by atoms with Crippen LogP contribution in [0.1, 0.15) is 37.0 Å². The quantitative estimate of drug-likeness (QED) is 0.329. The predicted molar refractivity (Wildman–Crippen MR) is 134 cm³/mol. The molecule has 0 unspecified atom stereocenters. The van der Waals surface area contributed by atoms with E-state index >= 15 is 0 Å². The first-order chi connectivity index (χ1) is 15.0. The maximum Gasteiger partial charge on any atom is 0.256 e. The molecule has 164 valence electrons. The van der Waals surface area contributed by atoms with Crippen molar-refractivity contribution in [3.05, 3.63) is 47.8 Å². The van der Waals surface area contributed by atoms with E-state index in [0.717, 1.165) is 51.7 Å². The van der Waals surface area contributed by atoms with Gasteiger partial charge in [0.2, 0.25) is 0 Å².